The van der Waals surface area contributed by atoms with E-state index >= 15 is 0 Å². The molecule has 0 radical (unpaired) electrons. The Labute approximate surface area is 176 Å². The van der Waals surface area contributed by atoms with E-state index in [4.69, 9.17) is 9.47 Å². The number of Topliss-reactive ketones (excluding diaryl/α,β-unsaturated/α-hetero) is 1. The van der Waals surface area contributed by atoms with Crippen molar-refractivity contribution in [1.29, 1.82) is 0 Å². The van der Waals surface area contributed by atoms with Crippen molar-refractivity contribution in [2.45, 2.75) is 31.3 Å². The summed E-state index contributed by atoms with van der Waals surface area (Å²) in [6.07, 6.45) is -0.132. The molecule has 1 saturated heterocycles. The number of hydrogen-bond donors (Lipinski definition) is 0. The van der Waals surface area contributed by atoms with E-state index in [0.29, 0.717) is 18.8 Å². The number of rotatable bonds is 7. The molecule has 3 rings (SSSR count). The Bertz CT molecular complexity index is 1010. The van der Waals surface area contributed by atoms with Crippen LogP contribution in [0.25, 0.3) is 0 Å². The highest BCUT2D eigenvalue weighted by Gasteiger charge is 2.27. The lowest BCUT2D eigenvalue weighted by atomic mass is 10.0. The van der Waals surface area contributed by atoms with Crippen LogP contribution >= 0.6 is 0 Å². The average molecular weight is 432 g/mol. The summed E-state index contributed by atoms with van der Waals surface area (Å²) >= 11 is 0. The zero-order valence-electron chi connectivity index (χ0n) is 17.0. The number of benzene rings is 2. The zero-order valence-corrected chi connectivity index (χ0v) is 17.9. The van der Waals surface area contributed by atoms with Gasteiger partial charge in [0, 0.05) is 18.7 Å². The molecule has 1 heterocycles. The van der Waals surface area contributed by atoms with Crippen molar-refractivity contribution < 1.29 is 27.5 Å². The van der Waals surface area contributed by atoms with E-state index in [1.165, 1.54) is 35.5 Å². The highest BCUT2D eigenvalue weighted by atomic mass is 32.2. The molecule has 1 fully saturated rings. The van der Waals surface area contributed by atoms with Gasteiger partial charge in [0.15, 0.2) is 6.10 Å². The Morgan fingerprint density at radius 1 is 1.07 bits per heavy atom. The minimum Gasteiger partial charge on any atom is -0.451 e. The molecule has 8 heteroatoms. The number of aryl methyl sites for hydroxylation is 1. The third-order valence-corrected chi connectivity index (χ3v) is 6.87. The molecule has 0 spiro atoms. The number of carbonyl (C=O) groups excluding carboxylic acids is 2. The first kappa shape index (κ1) is 22.1. The second-order valence-electron chi connectivity index (χ2n) is 7.01. The van der Waals surface area contributed by atoms with Crippen LogP contribution in [-0.4, -0.2) is 56.9 Å². The second-order valence-corrected chi connectivity index (χ2v) is 8.94. The minimum atomic E-state index is -3.73. The van der Waals surface area contributed by atoms with Crippen LogP contribution in [0.15, 0.2) is 53.4 Å². The molecule has 1 aliphatic heterocycles. The Morgan fingerprint density at radius 2 is 1.73 bits per heavy atom. The number of morpholine rings is 1. The normalized spacial score (nSPS) is 16.1. The zero-order chi connectivity index (χ0) is 21.7. The lowest BCUT2D eigenvalue weighted by molar-refractivity contribution is 0.0318. The molecule has 0 unspecified atom stereocenters. The monoisotopic (exact) mass is 431 g/mol. The van der Waals surface area contributed by atoms with Gasteiger partial charge in [-0.1, -0.05) is 37.3 Å². The van der Waals surface area contributed by atoms with Crippen LogP contribution in [0, 0.1) is 0 Å². The van der Waals surface area contributed by atoms with Crippen LogP contribution in [0.3, 0.4) is 0 Å². The van der Waals surface area contributed by atoms with E-state index in [1.807, 2.05) is 19.1 Å². The molecular formula is C22H25NO6S. The van der Waals surface area contributed by atoms with Crippen LogP contribution in [-0.2, 0) is 25.9 Å². The van der Waals surface area contributed by atoms with Gasteiger partial charge < -0.3 is 9.47 Å². The molecule has 0 aliphatic carbocycles. The molecule has 1 aliphatic rings. The molecule has 2 aromatic carbocycles. The summed E-state index contributed by atoms with van der Waals surface area (Å²) in [5.74, 6) is -1.07. The Morgan fingerprint density at radius 3 is 2.37 bits per heavy atom. The van der Waals surface area contributed by atoms with Crippen LogP contribution in [0.4, 0.5) is 0 Å². The molecule has 7 nitrogen and oxygen atoms in total. The van der Waals surface area contributed by atoms with Crippen molar-refractivity contribution in [2.75, 3.05) is 26.3 Å². The van der Waals surface area contributed by atoms with E-state index < -0.39 is 22.1 Å². The molecule has 0 bridgehead atoms. The predicted octanol–water partition coefficient (Wildman–Crippen LogP) is 2.70. The average Bonchev–Trinajstić information content (AvgIpc) is 2.79. The summed E-state index contributed by atoms with van der Waals surface area (Å²) in [7, 11) is -3.73. The predicted molar refractivity (Wildman–Crippen MR) is 111 cm³/mol. The highest BCUT2D eigenvalue weighted by molar-refractivity contribution is 7.89. The SMILES string of the molecule is CCc1ccc(C(=O)[C@H](C)OC(=O)c2cccc(S(=O)(=O)N3CCOCC3)c2)cc1. The maximum Gasteiger partial charge on any atom is 0.338 e. The van der Waals surface area contributed by atoms with Gasteiger partial charge in [-0.3, -0.25) is 4.79 Å². The first-order chi connectivity index (χ1) is 14.3. The number of ether oxygens (including phenoxy) is 2. The van der Waals surface area contributed by atoms with Gasteiger partial charge in [-0.25, -0.2) is 13.2 Å². The molecule has 0 saturated carbocycles. The van der Waals surface area contributed by atoms with E-state index in [1.54, 1.807) is 12.1 Å². The number of ketones is 1. The lowest BCUT2D eigenvalue weighted by Crippen LogP contribution is -2.40. The van der Waals surface area contributed by atoms with Crippen LogP contribution in [0.2, 0.25) is 0 Å². The van der Waals surface area contributed by atoms with Crippen molar-refractivity contribution in [2.24, 2.45) is 0 Å². The largest absolute Gasteiger partial charge is 0.451 e. The highest BCUT2D eigenvalue weighted by Crippen LogP contribution is 2.19. The molecule has 30 heavy (non-hydrogen) atoms. The summed E-state index contributed by atoms with van der Waals surface area (Å²) in [6.45, 7) is 4.72. The van der Waals surface area contributed by atoms with Crippen LogP contribution in [0.1, 0.15) is 40.1 Å². The van der Waals surface area contributed by atoms with E-state index in [-0.39, 0.29) is 29.3 Å². The molecule has 1 atom stereocenters. The van der Waals surface area contributed by atoms with E-state index in [9.17, 15) is 18.0 Å². The van der Waals surface area contributed by atoms with Gasteiger partial charge in [0.2, 0.25) is 15.8 Å². The van der Waals surface area contributed by atoms with Crippen LogP contribution < -0.4 is 0 Å². The first-order valence-electron chi connectivity index (χ1n) is 9.85. The fourth-order valence-electron chi connectivity index (χ4n) is 3.14. The van der Waals surface area contributed by atoms with Crippen LogP contribution in [0.5, 0.6) is 0 Å². The minimum absolute atomic E-state index is 0.00739. The van der Waals surface area contributed by atoms with Crippen molar-refractivity contribution >= 4 is 21.8 Å². The Balaban J connectivity index is 1.72. The van der Waals surface area contributed by atoms with Gasteiger partial charge in [-0.05, 0) is 37.1 Å². The molecule has 160 valence electrons. The van der Waals surface area contributed by atoms with E-state index in [2.05, 4.69) is 0 Å². The van der Waals surface area contributed by atoms with Gasteiger partial charge in [-0.2, -0.15) is 4.31 Å². The molecule has 0 N–H and O–H groups in total. The van der Waals surface area contributed by atoms with Crippen molar-refractivity contribution in [3.63, 3.8) is 0 Å². The summed E-state index contributed by atoms with van der Waals surface area (Å²) in [5, 5.41) is 0. The standard InChI is InChI=1S/C22H25NO6S/c1-3-17-7-9-18(10-8-17)21(24)16(2)29-22(25)19-5-4-6-20(15-19)30(26,27)23-11-13-28-14-12-23/h4-10,15-16H,3,11-14H2,1-2H3/t16-/m0/s1. The van der Waals surface area contributed by atoms with Gasteiger partial charge in [0.1, 0.15) is 0 Å². The van der Waals surface area contributed by atoms with Crippen molar-refractivity contribution in [1.82, 2.24) is 4.31 Å². The fraction of sp³-hybridized carbons (Fsp3) is 0.364. The summed E-state index contributed by atoms with van der Waals surface area (Å²) in [5.41, 5.74) is 1.64. The van der Waals surface area contributed by atoms with Crippen molar-refractivity contribution in [3.8, 4) is 0 Å². The number of hydrogen-bond acceptors (Lipinski definition) is 6. The van der Waals surface area contributed by atoms with Gasteiger partial charge in [0.25, 0.3) is 0 Å². The fourth-order valence-corrected chi connectivity index (χ4v) is 4.60. The molecule has 0 amide bonds. The second kappa shape index (κ2) is 9.51. The molecule has 2 aromatic rings. The van der Waals surface area contributed by atoms with Gasteiger partial charge in [-0.15, -0.1) is 0 Å². The lowest BCUT2D eigenvalue weighted by Gasteiger charge is -2.26. The Kier molecular flexibility index (Phi) is 7.02. The van der Waals surface area contributed by atoms with Crippen molar-refractivity contribution in [3.05, 3.63) is 65.2 Å². The number of nitrogens with zero attached hydrogens (tertiary/aromatic N) is 1. The smallest absolute Gasteiger partial charge is 0.338 e. The third kappa shape index (κ3) is 4.95. The first-order valence-corrected chi connectivity index (χ1v) is 11.3. The third-order valence-electron chi connectivity index (χ3n) is 4.98. The summed E-state index contributed by atoms with van der Waals surface area (Å²) < 4.78 is 37.4. The number of esters is 1. The van der Waals surface area contributed by atoms with E-state index in [0.717, 1.165) is 12.0 Å². The van der Waals surface area contributed by atoms with Gasteiger partial charge >= 0.3 is 5.97 Å². The van der Waals surface area contributed by atoms with Gasteiger partial charge in [0.05, 0.1) is 23.7 Å². The molecular weight excluding hydrogens is 406 g/mol. The number of sulfonamides is 1. The summed E-state index contributed by atoms with van der Waals surface area (Å²) in [4.78, 5) is 25.1. The number of carbonyl (C=O) groups is 2. The maximum atomic E-state index is 12.8. The maximum absolute atomic E-state index is 12.8. The summed E-state index contributed by atoms with van der Waals surface area (Å²) in [6, 6.07) is 12.8. The Hall–Kier alpha value is -2.55. The quantitative estimate of drug-likeness (QED) is 0.495. The topological polar surface area (TPSA) is 90.0 Å². The molecule has 0 aromatic heterocycles.